The molecule has 0 bridgehead atoms. The lowest BCUT2D eigenvalue weighted by atomic mass is 9.52. The molecule has 0 spiro atoms. The zero-order valence-corrected chi connectivity index (χ0v) is 14.7. The van der Waals surface area contributed by atoms with Gasteiger partial charge in [0.05, 0.1) is 0 Å². The number of fused-ring (bicyclic) bond motifs is 4. The van der Waals surface area contributed by atoms with E-state index in [9.17, 15) is 9.59 Å². The van der Waals surface area contributed by atoms with Crippen LogP contribution in [0.1, 0.15) is 65.2 Å². The van der Waals surface area contributed by atoms with Gasteiger partial charge in [-0.05, 0) is 61.7 Å². The van der Waals surface area contributed by atoms with Crippen molar-refractivity contribution in [3.8, 4) is 0 Å². The number of likely N-dealkylation sites (tertiary alicyclic amines) is 1. The normalized spacial score (nSPS) is 46.3. The second kappa shape index (κ2) is 4.94. The predicted molar refractivity (Wildman–Crippen MR) is 89.8 cm³/mol. The molecule has 4 aliphatic rings. The second-order valence-corrected chi connectivity index (χ2v) is 8.86. The summed E-state index contributed by atoms with van der Waals surface area (Å²) in [6.45, 7) is 4.77. The Hall–Kier alpha value is -1.12. The number of carbonyl (C=O) groups excluding carboxylic acids is 2. The van der Waals surface area contributed by atoms with E-state index in [1.54, 1.807) is 11.1 Å². The van der Waals surface area contributed by atoms with Crippen molar-refractivity contribution in [2.45, 2.75) is 71.3 Å². The summed E-state index contributed by atoms with van der Waals surface area (Å²) in [5.41, 5.74) is 3.69. The maximum Gasteiger partial charge on any atom is 0.222 e. The van der Waals surface area contributed by atoms with Crippen molar-refractivity contribution in [3.05, 3.63) is 11.1 Å². The van der Waals surface area contributed by atoms with Crippen molar-refractivity contribution in [1.82, 2.24) is 4.90 Å². The van der Waals surface area contributed by atoms with Gasteiger partial charge in [-0.15, -0.1) is 0 Å². The van der Waals surface area contributed by atoms with Crippen LogP contribution < -0.4 is 0 Å². The monoisotopic (exact) mass is 315 g/mol. The summed E-state index contributed by atoms with van der Waals surface area (Å²) in [4.78, 5) is 25.7. The highest BCUT2D eigenvalue weighted by Gasteiger charge is 2.56. The fourth-order valence-electron chi connectivity index (χ4n) is 6.65. The second-order valence-electron chi connectivity index (χ2n) is 8.86. The molecule has 1 aliphatic heterocycles. The zero-order valence-electron chi connectivity index (χ0n) is 14.7. The van der Waals surface area contributed by atoms with Crippen LogP contribution >= 0.6 is 0 Å². The fourth-order valence-corrected chi connectivity index (χ4v) is 6.65. The number of hydrogen-bond acceptors (Lipinski definition) is 2. The zero-order chi connectivity index (χ0) is 16.4. The van der Waals surface area contributed by atoms with Gasteiger partial charge in [0.2, 0.25) is 5.91 Å². The van der Waals surface area contributed by atoms with E-state index in [-0.39, 0.29) is 16.7 Å². The minimum Gasteiger partial charge on any atom is -0.342 e. The Bertz CT molecular complexity index is 594. The molecule has 23 heavy (non-hydrogen) atoms. The molecule has 126 valence electrons. The first-order chi connectivity index (χ1) is 10.9. The molecule has 1 amide bonds. The van der Waals surface area contributed by atoms with Gasteiger partial charge in [0, 0.05) is 25.4 Å². The molecule has 1 heterocycles. The molecule has 0 N–H and O–H groups in total. The van der Waals surface area contributed by atoms with Crippen LogP contribution in [0, 0.1) is 22.7 Å². The maximum absolute atomic E-state index is 12.1. The molecular formula is C20H29NO2. The summed E-state index contributed by atoms with van der Waals surface area (Å²) in [5, 5.41) is 0. The van der Waals surface area contributed by atoms with E-state index in [2.05, 4.69) is 13.8 Å². The first kappa shape index (κ1) is 15.4. The average Bonchev–Trinajstić information content (AvgIpc) is 2.88. The van der Waals surface area contributed by atoms with Crippen molar-refractivity contribution in [1.29, 1.82) is 0 Å². The minimum absolute atomic E-state index is 0.132. The van der Waals surface area contributed by atoms with Crippen molar-refractivity contribution in [2.24, 2.45) is 22.7 Å². The molecule has 2 saturated carbocycles. The molecule has 0 aromatic rings. The highest BCUT2D eigenvalue weighted by Crippen LogP contribution is 2.62. The Morgan fingerprint density at radius 2 is 1.87 bits per heavy atom. The first-order valence-electron chi connectivity index (χ1n) is 9.35. The molecule has 1 saturated heterocycles. The lowest BCUT2D eigenvalue weighted by Gasteiger charge is -2.57. The van der Waals surface area contributed by atoms with Crippen LogP contribution in [0.2, 0.25) is 0 Å². The maximum atomic E-state index is 12.1. The van der Waals surface area contributed by atoms with Gasteiger partial charge in [0.15, 0.2) is 0 Å². The van der Waals surface area contributed by atoms with Crippen LogP contribution in [0.4, 0.5) is 0 Å². The third-order valence-corrected chi connectivity index (χ3v) is 8.12. The largest absolute Gasteiger partial charge is 0.342 e. The number of hydrogen-bond donors (Lipinski definition) is 0. The number of allylic oxidation sites excluding steroid dienone is 2. The van der Waals surface area contributed by atoms with Crippen LogP contribution in [0.3, 0.4) is 0 Å². The summed E-state index contributed by atoms with van der Waals surface area (Å²) < 4.78 is 0. The average molecular weight is 315 g/mol. The van der Waals surface area contributed by atoms with Gasteiger partial charge in [-0.25, -0.2) is 0 Å². The predicted octanol–water partition coefficient (Wildman–Crippen LogP) is 3.73. The number of aldehydes is 1. The summed E-state index contributed by atoms with van der Waals surface area (Å²) in [5.74, 6) is 1.18. The molecule has 3 heteroatoms. The topological polar surface area (TPSA) is 37.4 Å². The highest BCUT2D eigenvalue weighted by atomic mass is 16.2. The first-order valence-corrected chi connectivity index (χ1v) is 9.35. The van der Waals surface area contributed by atoms with E-state index in [1.807, 2.05) is 11.9 Å². The van der Waals surface area contributed by atoms with Crippen LogP contribution in [0.25, 0.3) is 0 Å². The molecule has 4 rings (SSSR count). The summed E-state index contributed by atoms with van der Waals surface area (Å²) in [7, 11) is 2.01. The van der Waals surface area contributed by atoms with Gasteiger partial charge in [-0.2, -0.15) is 0 Å². The molecule has 5 atom stereocenters. The number of piperidine rings is 1. The quantitative estimate of drug-likeness (QED) is 0.546. The van der Waals surface area contributed by atoms with Crippen molar-refractivity contribution in [3.63, 3.8) is 0 Å². The Kier molecular flexibility index (Phi) is 3.31. The van der Waals surface area contributed by atoms with Crippen LogP contribution in [-0.2, 0) is 9.59 Å². The molecule has 3 nitrogen and oxygen atoms in total. The number of rotatable bonds is 1. The molecule has 0 radical (unpaired) electrons. The van der Waals surface area contributed by atoms with Crippen molar-refractivity contribution >= 4 is 12.2 Å². The number of carbonyl (C=O) groups is 2. The van der Waals surface area contributed by atoms with E-state index < -0.39 is 0 Å². The SMILES string of the molecule is CN1C(=O)CC[C@@]2(C)C1CCC1=C3CC[C@H](C=O)[C@@]3(C)CC[C@@H]12. The lowest BCUT2D eigenvalue weighted by Crippen LogP contribution is -2.58. The van der Waals surface area contributed by atoms with Crippen LogP contribution in [-0.4, -0.2) is 30.2 Å². The summed E-state index contributed by atoms with van der Waals surface area (Å²) in [6, 6.07) is 0.408. The van der Waals surface area contributed by atoms with Gasteiger partial charge in [-0.3, -0.25) is 4.79 Å². The van der Waals surface area contributed by atoms with Crippen LogP contribution in [0.5, 0.6) is 0 Å². The smallest absolute Gasteiger partial charge is 0.222 e. The molecule has 0 aromatic heterocycles. The minimum atomic E-state index is 0.132. The Morgan fingerprint density at radius 1 is 1.09 bits per heavy atom. The van der Waals surface area contributed by atoms with Gasteiger partial charge in [0.25, 0.3) is 0 Å². The van der Waals surface area contributed by atoms with Gasteiger partial charge in [0.1, 0.15) is 6.29 Å². The molecular weight excluding hydrogens is 286 g/mol. The Labute approximate surface area is 139 Å². The van der Waals surface area contributed by atoms with E-state index in [4.69, 9.17) is 0 Å². The van der Waals surface area contributed by atoms with E-state index >= 15 is 0 Å². The summed E-state index contributed by atoms with van der Waals surface area (Å²) in [6.07, 6.45) is 9.73. The molecule has 3 aliphatic carbocycles. The van der Waals surface area contributed by atoms with E-state index in [0.717, 1.165) is 38.5 Å². The molecule has 0 aromatic carbocycles. The Balaban J connectivity index is 1.75. The number of amides is 1. The van der Waals surface area contributed by atoms with Gasteiger partial charge in [-0.1, -0.05) is 25.0 Å². The standard InChI is InChI=1S/C20H29NO2/c1-19-10-8-16-14(15(19)6-4-13(19)12-22)5-7-17-20(16,2)11-9-18(23)21(17)3/h12-13,16-17H,4-11H2,1-3H3/t13-,16+,17?,19-,20-/m1/s1. The van der Waals surface area contributed by atoms with Gasteiger partial charge >= 0.3 is 0 Å². The molecule has 1 unspecified atom stereocenters. The van der Waals surface area contributed by atoms with Crippen molar-refractivity contribution < 1.29 is 9.59 Å². The van der Waals surface area contributed by atoms with Crippen LogP contribution in [0.15, 0.2) is 11.1 Å². The Morgan fingerprint density at radius 3 is 2.61 bits per heavy atom. The lowest BCUT2D eigenvalue weighted by molar-refractivity contribution is -0.144. The fraction of sp³-hybridized carbons (Fsp3) is 0.800. The van der Waals surface area contributed by atoms with Crippen molar-refractivity contribution in [2.75, 3.05) is 7.05 Å². The molecule has 3 fully saturated rings. The highest BCUT2D eigenvalue weighted by molar-refractivity contribution is 5.77. The summed E-state index contributed by atoms with van der Waals surface area (Å²) >= 11 is 0. The number of nitrogens with zero attached hydrogens (tertiary/aromatic N) is 1. The van der Waals surface area contributed by atoms with E-state index in [0.29, 0.717) is 24.3 Å². The van der Waals surface area contributed by atoms with Gasteiger partial charge < -0.3 is 9.69 Å². The van der Waals surface area contributed by atoms with E-state index in [1.165, 1.54) is 12.7 Å². The third kappa shape index (κ3) is 1.88. The third-order valence-electron chi connectivity index (χ3n) is 8.12.